The summed E-state index contributed by atoms with van der Waals surface area (Å²) in [7, 11) is 0. The van der Waals surface area contributed by atoms with Gasteiger partial charge in [-0.1, -0.05) is 0 Å². The Labute approximate surface area is 105 Å². The van der Waals surface area contributed by atoms with E-state index in [4.69, 9.17) is 10.2 Å². The number of carboxylic acids is 2. The molecular formula is C10H14O6Se. The van der Waals surface area contributed by atoms with Crippen molar-refractivity contribution in [1.82, 2.24) is 0 Å². The van der Waals surface area contributed by atoms with Crippen LogP contribution in [0.5, 0.6) is 0 Å². The number of rotatable bonds is 10. The molecule has 0 saturated carbocycles. The molecule has 0 amide bonds. The minimum absolute atomic E-state index is 0.0744. The molecule has 0 bridgehead atoms. The fourth-order valence-corrected chi connectivity index (χ4v) is 2.56. The van der Waals surface area contributed by atoms with E-state index in [9.17, 15) is 19.2 Å². The van der Waals surface area contributed by atoms with Crippen molar-refractivity contribution in [3.63, 3.8) is 0 Å². The predicted octanol–water partition coefficient (Wildman–Crippen LogP) is 0.254. The van der Waals surface area contributed by atoms with E-state index in [0.717, 1.165) is 0 Å². The van der Waals surface area contributed by atoms with Gasteiger partial charge in [0, 0.05) is 0 Å². The summed E-state index contributed by atoms with van der Waals surface area (Å²) in [5.74, 6) is -1.92. The number of hydrogen-bond acceptors (Lipinski definition) is 4. The third kappa shape index (κ3) is 11.1. The summed E-state index contributed by atoms with van der Waals surface area (Å²) in [6, 6.07) is 0. The van der Waals surface area contributed by atoms with Crippen LogP contribution in [0.3, 0.4) is 0 Å². The van der Waals surface area contributed by atoms with Gasteiger partial charge in [0.05, 0.1) is 0 Å². The Hall–Kier alpha value is -1.20. The first-order valence-corrected chi connectivity index (χ1v) is 6.80. The van der Waals surface area contributed by atoms with Crippen molar-refractivity contribution in [1.29, 1.82) is 0 Å². The number of aliphatic carboxylic acids is 2. The molecule has 2 N–H and O–H groups in total. The van der Waals surface area contributed by atoms with Gasteiger partial charge in [-0.3, -0.25) is 0 Å². The molecule has 0 aromatic carbocycles. The summed E-state index contributed by atoms with van der Waals surface area (Å²) in [5, 5.41) is 16.7. The van der Waals surface area contributed by atoms with Crippen molar-refractivity contribution < 1.29 is 29.4 Å². The molecule has 0 saturated heterocycles. The molecule has 0 radical (unpaired) electrons. The quantitative estimate of drug-likeness (QED) is 0.560. The standard InChI is InChI=1S/C10H14O6Se/c11-7(12)3-1-5-9(15)17-10(16)6-2-4-8(13)14/h1-6H2,(H,11,12)(H,13,14). The van der Waals surface area contributed by atoms with Crippen molar-refractivity contribution in [3.8, 4) is 0 Å². The summed E-state index contributed by atoms with van der Waals surface area (Å²) >= 11 is -0.795. The predicted molar refractivity (Wildman–Crippen MR) is 58.7 cm³/mol. The molecule has 0 rings (SSSR count). The third-order valence-corrected chi connectivity index (χ3v) is 3.58. The van der Waals surface area contributed by atoms with Gasteiger partial charge in [0.25, 0.3) is 0 Å². The summed E-state index contributed by atoms with van der Waals surface area (Å²) < 4.78 is -0.446. The Kier molecular flexibility index (Phi) is 8.27. The molecule has 6 nitrogen and oxygen atoms in total. The monoisotopic (exact) mass is 310 g/mol. The van der Waals surface area contributed by atoms with E-state index in [0.29, 0.717) is 0 Å². The van der Waals surface area contributed by atoms with Crippen LogP contribution in [0.4, 0.5) is 0 Å². The maximum absolute atomic E-state index is 11.2. The average molecular weight is 309 g/mol. The molecule has 7 heteroatoms. The Morgan fingerprint density at radius 2 is 1.06 bits per heavy atom. The van der Waals surface area contributed by atoms with Crippen LogP contribution >= 0.6 is 0 Å². The maximum atomic E-state index is 11.2. The normalized spacial score (nSPS) is 9.88. The summed E-state index contributed by atoms with van der Waals surface area (Å²) in [4.78, 5) is 42.8. The molecule has 0 aliphatic heterocycles. The first-order chi connectivity index (χ1) is 7.91. The third-order valence-electron chi connectivity index (χ3n) is 1.77. The first-order valence-electron chi connectivity index (χ1n) is 5.09. The second-order valence-corrected chi connectivity index (χ2v) is 5.68. The zero-order valence-corrected chi connectivity index (χ0v) is 10.9. The summed E-state index contributed by atoms with van der Waals surface area (Å²) in [6.45, 7) is 0. The minimum atomic E-state index is -0.960. The molecule has 0 aliphatic rings. The Morgan fingerprint density at radius 3 is 1.35 bits per heavy atom. The van der Waals surface area contributed by atoms with Crippen LogP contribution in [0.15, 0.2) is 0 Å². The van der Waals surface area contributed by atoms with E-state index in [1.165, 1.54) is 0 Å². The fraction of sp³-hybridized carbons (Fsp3) is 0.600. The van der Waals surface area contributed by atoms with Crippen LogP contribution in [0, 0.1) is 0 Å². The zero-order chi connectivity index (χ0) is 13.3. The summed E-state index contributed by atoms with van der Waals surface area (Å²) in [5.41, 5.74) is 0. The molecule has 0 unspecified atom stereocenters. The van der Waals surface area contributed by atoms with Gasteiger partial charge in [0.15, 0.2) is 0 Å². The number of carbonyl (C=O) groups excluding carboxylic acids is 2. The van der Waals surface area contributed by atoms with E-state index in [1.54, 1.807) is 0 Å². The number of carbonyl (C=O) groups is 4. The molecule has 0 aromatic heterocycles. The van der Waals surface area contributed by atoms with Crippen molar-refractivity contribution in [3.05, 3.63) is 0 Å². The van der Waals surface area contributed by atoms with Crippen LogP contribution in [0.1, 0.15) is 38.5 Å². The van der Waals surface area contributed by atoms with Gasteiger partial charge in [-0.25, -0.2) is 0 Å². The first kappa shape index (κ1) is 15.8. The molecule has 0 aromatic rings. The second kappa shape index (κ2) is 8.90. The van der Waals surface area contributed by atoms with Gasteiger partial charge in [-0.15, -0.1) is 0 Å². The van der Waals surface area contributed by atoms with E-state index in [2.05, 4.69) is 0 Å². The van der Waals surface area contributed by atoms with Gasteiger partial charge in [-0.2, -0.15) is 0 Å². The Bertz CT molecular complexity index is 282. The van der Waals surface area contributed by atoms with Crippen molar-refractivity contribution in [2.75, 3.05) is 0 Å². The van der Waals surface area contributed by atoms with Crippen molar-refractivity contribution >= 4 is 36.3 Å². The zero-order valence-electron chi connectivity index (χ0n) is 9.18. The summed E-state index contributed by atoms with van der Waals surface area (Å²) in [6.07, 6.45) is 0.564. The number of hydrogen-bond donors (Lipinski definition) is 2. The Balaban J connectivity index is 3.62. The molecule has 0 spiro atoms. The molecular weight excluding hydrogens is 295 g/mol. The van der Waals surface area contributed by atoms with Gasteiger partial charge in [0.1, 0.15) is 0 Å². The van der Waals surface area contributed by atoms with Crippen LogP contribution in [0.2, 0.25) is 0 Å². The van der Waals surface area contributed by atoms with Crippen molar-refractivity contribution in [2.24, 2.45) is 0 Å². The SMILES string of the molecule is O=C(O)CCCC(=O)[Se]C(=O)CCCC(=O)O. The van der Waals surface area contributed by atoms with E-state index >= 15 is 0 Å². The average Bonchev–Trinajstić information content (AvgIpc) is 2.15. The molecule has 17 heavy (non-hydrogen) atoms. The Morgan fingerprint density at radius 1 is 0.706 bits per heavy atom. The van der Waals surface area contributed by atoms with Crippen LogP contribution < -0.4 is 0 Å². The van der Waals surface area contributed by atoms with Gasteiger partial charge < -0.3 is 0 Å². The van der Waals surface area contributed by atoms with E-state index in [1.807, 2.05) is 0 Å². The fourth-order valence-electron chi connectivity index (χ4n) is 0.997. The van der Waals surface area contributed by atoms with Crippen LogP contribution in [-0.4, -0.2) is 46.5 Å². The second-order valence-electron chi connectivity index (χ2n) is 3.34. The van der Waals surface area contributed by atoms with Crippen molar-refractivity contribution in [2.45, 2.75) is 38.5 Å². The van der Waals surface area contributed by atoms with Crippen LogP contribution in [-0.2, 0) is 19.2 Å². The number of carboxylic acid groups (broad SMARTS) is 2. The topological polar surface area (TPSA) is 109 Å². The molecule has 0 heterocycles. The van der Waals surface area contributed by atoms with Gasteiger partial charge in [0.2, 0.25) is 0 Å². The van der Waals surface area contributed by atoms with E-state index < -0.39 is 26.9 Å². The van der Waals surface area contributed by atoms with Gasteiger partial charge >= 0.3 is 104 Å². The molecule has 96 valence electrons. The van der Waals surface area contributed by atoms with Gasteiger partial charge in [-0.05, 0) is 0 Å². The molecule has 0 atom stereocenters. The van der Waals surface area contributed by atoms with Crippen LogP contribution in [0.25, 0.3) is 0 Å². The molecule has 0 fully saturated rings. The molecule has 0 aliphatic carbocycles. The van der Waals surface area contributed by atoms with E-state index in [-0.39, 0.29) is 47.9 Å².